The fourth-order valence-electron chi connectivity index (χ4n) is 3.03. The van der Waals surface area contributed by atoms with E-state index in [0.717, 1.165) is 24.5 Å². The summed E-state index contributed by atoms with van der Waals surface area (Å²) >= 11 is 0. The van der Waals surface area contributed by atoms with Gasteiger partial charge in [0.2, 0.25) is 0 Å². The molecule has 0 radical (unpaired) electrons. The van der Waals surface area contributed by atoms with Crippen molar-refractivity contribution >= 4 is 34.0 Å². The van der Waals surface area contributed by atoms with E-state index < -0.39 is 11.0 Å². The Kier molecular flexibility index (Phi) is 6.50. The zero-order chi connectivity index (χ0) is 19.2. The molecule has 144 valence electrons. The van der Waals surface area contributed by atoms with Gasteiger partial charge in [0.1, 0.15) is 11.0 Å². The molecule has 1 fully saturated rings. The molecule has 2 aromatic rings. The second kappa shape index (κ2) is 9.04. The molecule has 6 heteroatoms. The summed E-state index contributed by atoms with van der Waals surface area (Å²) in [7, 11) is -1.13. The molecule has 5 nitrogen and oxygen atoms in total. The van der Waals surface area contributed by atoms with Gasteiger partial charge in [0.25, 0.3) is 5.91 Å². The van der Waals surface area contributed by atoms with Crippen LogP contribution in [0.2, 0.25) is 0 Å². The van der Waals surface area contributed by atoms with Gasteiger partial charge >= 0.3 is 0 Å². The molecule has 1 amide bonds. The van der Waals surface area contributed by atoms with Crippen LogP contribution < -0.4 is 14.9 Å². The highest BCUT2D eigenvalue weighted by atomic mass is 32.2. The maximum atomic E-state index is 12.4. The monoisotopic (exact) mass is 385 g/mol. The normalized spacial score (nSPS) is 15.4. The molecule has 2 N–H and O–H groups in total. The number of nitrogens with one attached hydrogen (secondary N) is 2. The molecule has 1 unspecified atom stereocenters. The Morgan fingerprint density at radius 3 is 2.11 bits per heavy atom. The van der Waals surface area contributed by atoms with Crippen molar-refractivity contribution < 1.29 is 9.00 Å². The molecule has 1 heterocycles. The zero-order valence-corrected chi connectivity index (χ0v) is 16.7. The standard InChI is InChI=1S/C21H27N3O2S/c1-16(2)27(26)23-19-8-6-17(7-9-19)21(25)22-18-10-12-20(13-11-18)24-14-4-3-5-15-24/h6-13,16,23H,3-5,14-15H2,1-2H3,(H,22,25). The molecule has 0 aliphatic carbocycles. The molecule has 0 bridgehead atoms. The van der Waals surface area contributed by atoms with E-state index in [9.17, 15) is 9.00 Å². The highest BCUT2D eigenvalue weighted by Crippen LogP contribution is 2.22. The van der Waals surface area contributed by atoms with Crippen molar-refractivity contribution in [2.75, 3.05) is 28.0 Å². The lowest BCUT2D eigenvalue weighted by Gasteiger charge is -2.28. The second-order valence-electron chi connectivity index (χ2n) is 7.07. The minimum absolute atomic E-state index is 0.0286. The fourth-order valence-corrected chi connectivity index (χ4v) is 3.64. The number of piperidine rings is 1. The lowest BCUT2D eigenvalue weighted by atomic mass is 10.1. The largest absolute Gasteiger partial charge is 0.372 e. The summed E-state index contributed by atoms with van der Waals surface area (Å²) in [4.78, 5) is 14.8. The maximum absolute atomic E-state index is 12.4. The van der Waals surface area contributed by atoms with Gasteiger partial charge in [-0.2, -0.15) is 0 Å². The van der Waals surface area contributed by atoms with Gasteiger partial charge in [-0.25, -0.2) is 4.21 Å². The Hall–Kier alpha value is -2.34. The molecule has 0 saturated carbocycles. The maximum Gasteiger partial charge on any atom is 0.255 e. The minimum Gasteiger partial charge on any atom is -0.372 e. The van der Waals surface area contributed by atoms with Crippen LogP contribution in [0.15, 0.2) is 48.5 Å². The van der Waals surface area contributed by atoms with Crippen molar-refractivity contribution in [3.05, 3.63) is 54.1 Å². The third-order valence-corrected chi connectivity index (χ3v) is 5.93. The van der Waals surface area contributed by atoms with Crippen LogP contribution in [0.3, 0.4) is 0 Å². The van der Waals surface area contributed by atoms with E-state index in [1.807, 2.05) is 26.0 Å². The van der Waals surface area contributed by atoms with Crippen molar-refractivity contribution in [3.8, 4) is 0 Å². The first-order chi connectivity index (χ1) is 13.0. The third-order valence-electron chi connectivity index (χ3n) is 4.64. The number of nitrogens with zero attached hydrogens (tertiary/aromatic N) is 1. The number of benzene rings is 2. The molecule has 1 aliphatic heterocycles. The first-order valence-corrected chi connectivity index (χ1v) is 10.7. The minimum atomic E-state index is -1.13. The lowest BCUT2D eigenvalue weighted by Crippen LogP contribution is -2.29. The summed E-state index contributed by atoms with van der Waals surface area (Å²) in [5.74, 6) is -0.155. The molecule has 1 aliphatic rings. The van der Waals surface area contributed by atoms with E-state index in [4.69, 9.17) is 0 Å². The van der Waals surface area contributed by atoms with E-state index in [-0.39, 0.29) is 11.2 Å². The van der Waals surface area contributed by atoms with Crippen LogP contribution >= 0.6 is 0 Å². The summed E-state index contributed by atoms with van der Waals surface area (Å²) in [5.41, 5.74) is 3.30. The number of amides is 1. The molecule has 2 aromatic carbocycles. The molecule has 1 saturated heterocycles. The Balaban J connectivity index is 1.59. The van der Waals surface area contributed by atoms with Crippen LogP contribution in [-0.2, 0) is 11.0 Å². The topological polar surface area (TPSA) is 61.4 Å². The summed E-state index contributed by atoms with van der Waals surface area (Å²) in [6.45, 7) is 5.99. The van der Waals surface area contributed by atoms with Crippen molar-refractivity contribution in [1.29, 1.82) is 0 Å². The summed E-state index contributed by atoms with van der Waals surface area (Å²) in [5, 5.41) is 2.96. The van der Waals surface area contributed by atoms with Crippen LogP contribution in [0.1, 0.15) is 43.5 Å². The summed E-state index contributed by atoms with van der Waals surface area (Å²) < 4.78 is 14.8. The van der Waals surface area contributed by atoms with Gasteiger partial charge in [-0.1, -0.05) is 0 Å². The number of hydrogen-bond donors (Lipinski definition) is 2. The predicted molar refractivity (Wildman–Crippen MR) is 114 cm³/mol. The molecule has 1 atom stereocenters. The first-order valence-electron chi connectivity index (χ1n) is 9.46. The average Bonchev–Trinajstić information content (AvgIpc) is 2.69. The second-order valence-corrected chi connectivity index (χ2v) is 8.82. The Labute approximate surface area is 163 Å². The van der Waals surface area contributed by atoms with Crippen LogP contribution in [0, 0.1) is 0 Å². The van der Waals surface area contributed by atoms with Crippen molar-refractivity contribution in [1.82, 2.24) is 0 Å². The SMILES string of the molecule is CC(C)S(=O)Nc1ccc(C(=O)Nc2ccc(N3CCCCC3)cc2)cc1. The van der Waals surface area contributed by atoms with Gasteiger partial charge in [0, 0.05) is 41.0 Å². The van der Waals surface area contributed by atoms with Crippen LogP contribution in [-0.4, -0.2) is 28.5 Å². The molecule has 0 aromatic heterocycles. The zero-order valence-electron chi connectivity index (χ0n) is 15.9. The van der Waals surface area contributed by atoms with E-state index >= 15 is 0 Å². The number of carbonyl (C=O) groups is 1. The van der Waals surface area contributed by atoms with E-state index in [1.165, 1.54) is 24.9 Å². The average molecular weight is 386 g/mol. The smallest absolute Gasteiger partial charge is 0.255 e. The van der Waals surface area contributed by atoms with Crippen molar-refractivity contribution in [2.45, 2.75) is 38.4 Å². The highest BCUT2D eigenvalue weighted by molar-refractivity contribution is 7.86. The molecular weight excluding hydrogens is 358 g/mol. The Bertz CT molecular complexity index is 782. The van der Waals surface area contributed by atoms with Crippen LogP contribution in [0.4, 0.5) is 17.1 Å². The molecule has 0 spiro atoms. The van der Waals surface area contributed by atoms with E-state index in [0.29, 0.717) is 5.56 Å². The van der Waals surface area contributed by atoms with E-state index in [2.05, 4.69) is 27.1 Å². The molecule has 3 rings (SSSR count). The van der Waals surface area contributed by atoms with Crippen LogP contribution in [0.5, 0.6) is 0 Å². The van der Waals surface area contributed by atoms with Crippen LogP contribution in [0.25, 0.3) is 0 Å². The van der Waals surface area contributed by atoms with Crippen molar-refractivity contribution in [3.63, 3.8) is 0 Å². The predicted octanol–water partition coefficient (Wildman–Crippen LogP) is 4.41. The number of hydrogen-bond acceptors (Lipinski definition) is 3. The van der Waals surface area contributed by atoms with Gasteiger partial charge in [0.15, 0.2) is 0 Å². The van der Waals surface area contributed by atoms with Gasteiger partial charge < -0.3 is 14.9 Å². The highest BCUT2D eigenvalue weighted by Gasteiger charge is 2.12. The Morgan fingerprint density at radius 2 is 1.52 bits per heavy atom. The third kappa shape index (κ3) is 5.32. The number of anilines is 3. The summed E-state index contributed by atoms with van der Waals surface area (Å²) in [6.07, 6.45) is 3.80. The van der Waals surface area contributed by atoms with E-state index in [1.54, 1.807) is 24.3 Å². The van der Waals surface area contributed by atoms with Gasteiger partial charge in [-0.15, -0.1) is 0 Å². The lowest BCUT2D eigenvalue weighted by molar-refractivity contribution is 0.102. The summed E-state index contributed by atoms with van der Waals surface area (Å²) in [6, 6.07) is 15.0. The van der Waals surface area contributed by atoms with Gasteiger partial charge in [-0.05, 0) is 81.6 Å². The number of carbonyl (C=O) groups excluding carboxylic acids is 1. The number of rotatable bonds is 6. The quantitative estimate of drug-likeness (QED) is 0.774. The Morgan fingerprint density at radius 1 is 0.926 bits per heavy atom. The molecular formula is C21H27N3O2S. The van der Waals surface area contributed by atoms with Crippen molar-refractivity contribution in [2.24, 2.45) is 0 Å². The molecule has 27 heavy (non-hydrogen) atoms. The first kappa shape index (κ1) is 19.4. The van der Waals surface area contributed by atoms with Gasteiger partial charge in [0.05, 0.1) is 0 Å². The van der Waals surface area contributed by atoms with Gasteiger partial charge in [-0.3, -0.25) is 4.79 Å². The fraction of sp³-hybridized carbons (Fsp3) is 0.381.